The van der Waals surface area contributed by atoms with Crippen molar-refractivity contribution >= 4 is 41.4 Å². The summed E-state index contributed by atoms with van der Waals surface area (Å²) in [7, 11) is 18.3. The molecule has 7 saturated heterocycles. The lowest BCUT2D eigenvalue weighted by molar-refractivity contribution is -0.314. The molecule has 3 saturated carbocycles. The topological polar surface area (TPSA) is 289 Å². The summed E-state index contributed by atoms with van der Waals surface area (Å²) in [5.41, 5.74) is 3.82. The Bertz CT molecular complexity index is 4000. The Morgan fingerprint density at radius 1 is 0.547 bits per heavy atom. The minimum absolute atomic E-state index is 0.0364. The van der Waals surface area contributed by atoms with Gasteiger partial charge in [0.15, 0.2) is 43.5 Å². The second-order valence-corrected chi connectivity index (χ2v) is 40.3. The predicted molar refractivity (Wildman–Crippen MR) is 477 cm³/mol. The number of esters is 3. The highest BCUT2D eigenvalue weighted by molar-refractivity contribution is 6.02. The lowest BCUT2D eigenvalue weighted by Crippen LogP contribution is -2.59. The molecule has 14 aliphatic rings. The first-order chi connectivity index (χ1) is 61.0. The number of Topliss-reactive ketones (excluding diaryl/α,β-unsaturated/α-hetero) is 2. The van der Waals surface area contributed by atoms with Gasteiger partial charge in [0.25, 0.3) is 5.91 Å². The summed E-state index contributed by atoms with van der Waals surface area (Å²) in [6.07, 6.45) is 26.6. The lowest BCUT2D eigenvalue weighted by atomic mass is 9.67. The van der Waals surface area contributed by atoms with Gasteiger partial charge in [-0.25, -0.2) is 9.69 Å². The average molecular weight is 1800 g/mol. The number of nitrogens with zero attached hydrogens (tertiary/aromatic N) is 4. The number of carbonyl (C=O) groups is 7. The summed E-state index contributed by atoms with van der Waals surface area (Å²) in [4.78, 5) is 99.1. The van der Waals surface area contributed by atoms with Gasteiger partial charge in [-0.15, -0.1) is 6.42 Å². The summed E-state index contributed by atoms with van der Waals surface area (Å²) < 4.78 is 105. The third kappa shape index (κ3) is 22.6. The molecular formula is C100H154N4O24. The number of ether oxygens (including phenoxy) is 17. The fourth-order valence-electron chi connectivity index (χ4n) is 24.1. The second-order valence-electron chi connectivity index (χ2n) is 40.3. The summed E-state index contributed by atoms with van der Waals surface area (Å²) in [5.74, 6) is 1.45. The van der Waals surface area contributed by atoms with Crippen LogP contribution in [-0.2, 0) is 109 Å². The van der Waals surface area contributed by atoms with Crippen molar-refractivity contribution in [3.63, 3.8) is 0 Å². The van der Waals surface area contributed by atoms with E-state index >= 15 is 0 Å². The smallest absolute Gasteiger partial charge is 0.330 e. The molecule has 0 aromatic heterocycles. The number of imide groups is 1. The number of amides is 3. The van der Waals surface area contributed by atoms with Crippen molar-refractivity contribution in [3.05, 3.63) is 58.7 Å². The van der Waals surface area contributed by atoms with Crippen LogP contribution >= 0.6 is 0 Å². The van der Waals surface area contributed by atoms with Gasteiger partial charge >= 0.3 is 23.9 Å². The minimum atomic E-state index is -0.598. The second kappa shape index (κ2) is 44.6. The van der Waals surface area contributed by atoms with Gasteiger partial charge in [0.05, 0.1) is 74.1 Å². The van der Waals surface area contributed by atoms with Crippen LogP contribution in [-0.4, -0.2) is 287 Å². The van der Waals surface area contributed by atoms with Crippen molar-refractivity contribution in [1.82, 2.24) is 19.6 Å². The van der Waals surface area contributed by atoms with Crippen molar-refractivity contribution in [3.8, 4) is 12.3 Å². The number of hydrogen-bond acceptors (Lipinski definition) is 26. The molecule has 28 heteroatoms. The number of cyclic esters (lactones) is 2. The van der Waals surface area contributed by atoms with Gasteiger partial charge in [0, 0.05) is 78.4 Å². The van der Waals surface area contributed by atoms with Crippen molar-refractivity contribution in [2.45, 2.75) is 340 Å². The van der Waals surface area contributed by atoms with Gasteiger partial charge in [0.1, 0.15) is 55.4 Å². The molecule has 28 nitrogen and oxygen atoms in total. The van der Waals surface area contributed by atoms with Crippen LogP contribution in [0.2, 0.25) is 0 Å². The molecule has 0 N–H and O–H groups in total. The molecule has 0 bridgehead atoms. The van der Waals surface area contributed by atoms with Gasteiger partial charge < -0.3 is 95.2 Å². The molecule has 7 heterocycles. The van der Waals surface area contributed by atoms with Crippen LogP contribution in [0.15, 0.2) is 58.7 Å². The fraction of sp³-hybridized carbons (Fsp3) is 0.810. The normalized spacial score (nSPS) is 41.9. The first-order valence-corrected chi connectivity index (χ1v) is 47.9. The standard InChI is InChI=1S/C42H67NO10.C41H65NO10.C17H22N2O4/c1-11-26-13-12-14-35(53-37-16-15-34(43(6)7)24(4)49-37)23(3)38(45)33-20-31-29(32(33)21-36(44)51-26)17-22(2)28-18-27(19-30(28)31)52-42-41(48-10)40(47-9)39(46-8)25(5)50-42;1-10-26-12-11-13-34(52-36-17-16-33(42(5)6)23(3)48-36)22(2)37(44)32-20-30-28(31(32)21-35(43)50-26)15-14-25-18-27(19-29(25)30)51-41-40(47-9)39(46-8)38(45-7)24(4)49-41;1-6-7-18-9-13(20)19(16(18)22)10-23-15(21)14-12(8-11(2)3)17(14,4)5/h17,20,23-32,34-35,37,39-42H,11-16,18-19,21H2,1-10H3;14-15,20,22-31,33-34,36,38-41H,10-13,16-19,21H2,1-9H3;1,8,12,14H,7,9-10H2,2-5H3/t23-,24-,25+,26+,27-,28+,29-,30-,31-,32+,34+,35+,37+,39+,40-,41-,42+;22-,23-,24+,25-,26+,27-,28-,29-,30-,31+,33+,34+,36+,38+,39-,40-,41+;/m11./s1. The van der Waals surface area contributed by atoms with Crippen LogP contribution in [0, 0.1) is 101 Å². The Balaban J connectivity index is 0.000000187. The Labute approximate surface area is 761 Å². The number of allylic oxidation sites excluding steroid dienone is 10. The average Bonchev–Trinajstić information content (AvgIpc) is 1.57. The molecule has 14 rings (SSSR count). The lowest BCUT2D eigenvalue weighted by Gasteiger charge is -2.44. The SMILES string of the molecule is C#CCN1CC(=O)N(COC(=O)C2C(C=C(C)C)C2(C)C)C1=O.CC[C@H]1CCC[C@H](O[C@H]2CC[C@H](N(C)C)[C@@H](C)O2)[C@@H](C)C(=O)C2=C[C@@H]3[C@@H](C=C(C)[C@@H]4C[C@@H](O[C@@H]5O[C@@H](C)[C@H](OC)[C@@H](OC)[C@H]5OC)C[C@@H]34)[C@@H]2CC(=O)O1.CC[C@H]1CCC[C@H](O[C@H]2CC[C@H](N(C)C)[C@@H](C)O2)[C@@H](C)C(=O)C2=C[C@@H]3[C@@H](C=C[C@@H]4C[C@@H](O[C@@H]5O[C@@H](C)[C@H](OC)[C@@H](OC)[C@H]5OC)C[C@@H]34)[C@@H]2CC(=O)O1. The first-order valence-electron chi connectivity index (χ1n) is 47.9. The van der Waals surface area contributed by atoms with Crippen molar-refractivity contribution < 1.29 is 114 Å². The maximum Gasteiger partial charge on any atom is 0.330 e. The van der Waals surface area contributed by atoms with Crippen LogP contribution in [0.5, 0.6) is 0 Å². The van der Waals surface area contributed by atoms with E-state index in [0.717, 1.165) is 112 Å². The fourth-order valence-corrected chi connectivity index (χ4v) is 24.1. The zero-order valence-electron chi connectivity index (χ0n) is 80.8. The van der Waals surface area contributed by atoms with Crippen LogP contribution in [0.1, 0.15) is 206 Å². The van der Waals surface area contributed by atoms with Crippen molar-refractivity contribution in [1.29, 1.82) is 0 Å². The molecule has 0 aromatic rings. The Kier molecular flexibility index (Phi) is 35.3. The summed E-state index contributed by atoms with van der Waals surface area (Å²) in [6, 6.07) is 0.159. The zero-order chi connectivity index (χ0) is 92.8. The largest absolute Gasteiger partial charge is 0.462 e. The molecule has 10 fully saturated rings. The minimum Gasteiger partial charge on any atom is -0.462 e. The van der Waals surface area contributed by atoms with E-state index in [1.54, 1.807) is 42.7 Å². The van der Waals surface area contributed by atoms with E-state index in [1.165, 1.54) is 10.5 Å². The molecule has 0 aromatic carbocycles. The van der Waals surface area contributed by atoms with Crippen LogP contribution in [0.3, 0.4) is 0 Å². The van der Waals surface area contributed by atoms with E-state index in [9.17, 15) is 33.6 Å². The third-order valence-corrected chi connectivity index (χ3v) is 31.3. The highest BCUT2D eigenvalue weighted by Crippen LogP contribution is 2.61. The number of terminal acetylenes is 1. The zero-order valence-corrected chi connectivity index (χ0v) is 80.8. The number of methoxy groups -OCH3 is 6. The van der Waals surface area contributed by atoms with Crippen molar-refractivity contribution in [2.75, 3.05) is 90.7 Å². The van der Waals surface area contributed by atoms with E-state index in [1.807, 2.05) is 55.4 Å². The van der Waals surface area contributed by atoms with Gasteiger partial charge in [-0.2, -0.15) is 0 Å². The molecule has 7 aliphatic heterocycles. The molecule has 718 valence electrons. The number of likely N-dealkylation sites (N-methyl/N-ethyl adjacent to an activating group) is 2. The van der Waals surface area contributed by atoms with Crippen LogP contribution in [0.25, 0.3) is 0 Å². The number of ketones is 2. The third-order valence-electron chi connectivity index (χ3n) is 31.3. The maximum atomic E-state index is 14.7. The molecule has 0 spiro atoms. The Morgan fingerprint density at radius 3 is 1.47 bits per heavy atom. The number of hydrogen-bond donors (Lipinski definition) is 0. The van der Waals surface area contributed by atoms with Gasteiger partial charge in [-0.05, 0) is 249 Å². The molecule has 36 atom stereocenters. The molecular weight excluding hydrogens is 1640 g/mol. The monoisotopic (exact) mass is 1800 g/mol. The maximum absolute atomic E-state index is 14.7. The number of urea groups is 1. The summed E-state index contributed by atoms with van der Waals surface area (Å²) in [5, 5.41) is 0. The van der Waals surface area contributed by atoms with E-state index in [4.69, 9.17) is 87.0 Å². The van der Waals surface area contributed by atoms with Crippen molar-refractivity contribution in [2.24, 2.45) is 88.3 Å². The predicted octanol–water partition coefficient (Wildman–Crippen LogP) is 13.0. The van der Waals surface area contributed by atoms with Gasteiger partial charge in [-0.3, -0.25) is 28.8 Å². The molecule has 0 radical (unpaired) electrons. The van der Waals surface area contributed by atoms with E-state index in [0.29, 0.717) is 36.8 Å². The van der Waals surface area contributed by atoms with E-state index in [-0.39, 0.29) is 237 Å². The molecule has 2 unspecified atom stereocenters. The van der Waals surface area contributed by atoms with Crippen LogP contribution in [0.4, 0.5) is 4.79 Å². The number of rotatable bonds is 23. The highest BCUT2D eigenvalue weighted by atomic mass is 16.7. The summed E-state index contributed by atoms with van der Waals surface area (Å²) in [6.45, 7) is 26.2. The van der Waals surface area contributed by atoms with E-state index < -0.39 is 36.7 Å². The van der Waals surface area contributed by atoms with Gasteiger partial charge in [0.2, 0.25) is 0 Å². The first kappa shape index (κ1) is 101. The highest BCUT2D eigenvalue weighted by Gasteiger charge is 2.62. The van der Waals surface area contributed by atoms with E-state index in [2.05, 4.69) is 115 Å². The number of carbonyl (C=O) groups excluding carboxylic acids is 7. The molecule has 7 aliphatic carbocycles. The molecule has 3 amide bonds. The quantitative estimate of drug-likeness (QED) is 0.0302. The van der Waals surface area contributed by atoms with Crippen LogP contribution < -0.4 is 0 Å². The Morgan fingerprint density at radius 2 is 1.02 bits per heavy atom. The Hall–Kier alpha value is -5.69. The van der Waals surface area contributed by atoms with Gasteiger partial charge in [-0.1, -0.05) is 95.1 Å². The summed E-state index contributed by atoms with van der Waals surface area (Å²) >= 11 is 0. The molecule has 128 heavy (non-hydrogen) atoms. The number of fused-ring (bicyclic) bond motifs is 10.